The van der Waals surface area contributed by atoms with Crippen LogP contribution < -0.4 is 0 Å². The third kappa shape index (κ3) is 2.70. The lowest BCUT2D eigenvalue weighted by atomic mass is 9.84. The molecule has 0 amide bonds. The molecule has 0 aromatic heterocycles. The van der Waals surface area contributed by atoms with E-state index in [0.29, 0.717) is 23.1 Å². The number of benzene rings is 2. The molecule has 0 bridgehead atoms. The van der Waals surface area contributed by atoms with E-state index in [9.17, 15) is 14.7 Å². The molecule has 3 nitrogen and oxygen atoms in total. The van der Waals surface area contributed by atoms with Crippen molar-refractivity contribution in [3.8, 4) is 0 Å². The van der Waals surface area contributed by atoms with Crippen LogP contribution in [-0.2, 0) is 4.79 Å². The van der Waals surface area contributed by atoms with Gasteiger partial charge in [-0.15, -0.1) is 0 Å². The van der Waals surface area contributed by atoms with Crippen molar-refractivity contribution in [1.29, 1.82) is 0 Å². The molecule has 0 radical (unpaired) electrons. The average Bonchev–Trinajstić information content (AvgIpc) is 2.85. The van der Waals surface area contributed by atoms with E-state index in [4.69, 9.17) is 0 Å². The molecular formula is C20H18O3. The molecule has 2 aromatic carbocycles. The van der Waals surface area contributed by atoms with E-state index in [1.807, 2.05) is 37.3 Å². The van der Waals surface area contributed by atoms with Crippen LogP contribution in [0.3, 0.4) is 0 Å². The predicted molar refractivity (Wildman–Crippen MR) is 89.4 cm³/mol. The standard InChI is InChI=1S/C20H18O3/c1-2-14(21)12-17(13-8-4-3-5-9-13)18-19(22)15-10-6-7-11-16(15)20(18)23/h3-11,17,22H,2,12H2,1H3/t17-/m0/s1. The Balaban J connectivity index is 2.09. The van der Waals surface area contributed by atoms with Crippen LogP contribution >= 0.6 is 0 Å². The third-order valence-corrected chi connectivity index (χ3v) is 4.30. The van der Waals surface area contributed by atoms with E-state index in [1.165, 1.54) is 0 Å². The van der Waals surface area contributed by atoms with E-state index in [1.54, 1.807) is 24.3 Å². The molecule has 0 saturated heterocycles. The molecule has 3 rings (SSSR count). The Morgan fingerprint density at radius 2 is 1.61 bits per heavy atom. The van der Waals surface area contributed by atoms with Crippen molar-refractivity contribution < 1.29 is 14.7 Å². The molecular weight excluding hydrogens is 288 g/mol. The second-order valence-corrected chi connectivity index (χ2v) is 5.70. The van der Waals surface area contributed by atoms with Crippen LogP contribution in [-0.4, -0.2) is 16.7 Å². The Labute approximate surface area is 135 Å². The molecule has 23 heavy (non-hydrogen) atoms. The maximum absolute atomic E-state index is 12.8. The van der Waals surface area contributed by atoms with Crippen LogP contribution in [0.15, 0.2) is 60.2 Å². The van der Waals surface area contributed by atoms with Crippen LogP contribution in [0.1, 0.15) is 47.2 Å². The van der Waals surface area contributed by atoms with Crippen molar-refractivity contribution in [2.75, 3.05) is 0 Å². The number of carbonyl (C=O) groups is 2. The lowest BCUT2D eigenvalue weighted by Crippen LogP contribution is -2.14. The minimum absolute atomic E-state index is 0.00311. The van der Waals surface area contributed by atoms with E-state index in [0.717, 1.165) is 5.56 Å². The Morgan fingerprint density at radius 3 is 2.22 bits per heavy atom. The summed E-state index contributed by atoms with van der Waals surface area (Å²) in [7, 11) is 0. The summed E-state index contributed by atoms with van der Waals surface area (Å²) in [5, 5.41) is 10.6. The lowest BCUT2D eigenvalue weighted by molar-refractivity contribution is -0.118. The highest BCUT2D eigenvalue weighted by Crippen LogP contribution is 2.40. The summed E-state index contributed by atoms with van der Waals surface area (Å²) in [5.41, 5.74) is 2.26. The van der Waals surface area contributed by atoms with Gasteiger partial charge >= 0.3 is 0 Å². The van der Waals surface area contributed by atoms with Crippen LogP contribution in [0.4, 0.5) is 0 Å². The number of allylic oxidation sites excluding steroid dienone is 1. The van der Waals surface area contributed by atoms with Crippen molar-refractivity contribution >= 4 is 17.3 Å². The van der Waals surface area contributed by atoms with Crippen molar-refractivity contribution in [2.24, 2.45) is 0 Å². The van der Waals surface area contributed by atoms with E-state index in [-0.39, 0.29) is 23.7 Å². The van der Waals surface area contributed by atoms with E-state index in [2.05, 4.69) is 0 Å². The zero-order valence-corrected chi connectivity index (χ0v) is 13.0. The first-order chi connectivity index (χ1) is 11.1. The summed E-state index contributed by atoms with van der Waals surface area (Å²) < 4.78 is 0. The first kappa shape index (κ1) is 15.2. The number of carbonyl (C=O) groups excluding carboxylic acids is 2. The summed E-state index contributed by atoms with van der Waals surface area (Å²) in [6.45, 7) is 1.81. The van der Waals surface area contributed by atoms with Crippen molar-refractivity contribution in [2.45, 2.75) is 25.7 Å². The zero-order chi connectivity index (χ0) is 16.4. The number of ketones is 2. The summed E-state index contributed by atoms with van der Waals surface area (Å²) in [4.78, 5) is 24.8. The number of fused-ring (bicyclic) bond motifs is 1. The SMILES string of the molecule is CCC(=O)C[C@H](C1=C(O)c2ccccc2C1=O)c1ccccc1. The fourth-order valence-electron chi connectivity index (χ4n) is 3.05. The molecule has 1 aliphatic carbocycles. The maximum atomic E-state index is 12.8. The van der Waals surface area contributed by atoms with Crippen LogP contribution in [0.5, 0.6) is 0 Å². The Hall–Kier alpha value is -2.68. The van der Waals surface area contributed by atoms with Gasteiger partial charge in [0.1, 0.15) is 11.5 Å². The second-order valence-electron chi connectivity index (χ2n) is 5.70. The summed E-state index contributed by atoms with van der Waals surface area (Å²) in [6, 6.07) is 16.5. The normalized spacial score (nSPS) is 14.7. The molecule has 0 unspecified atom stereocenters. The molecule has 0 saturated carbocycles. The lowest BCUT2D eigenvalue weighted by Gasteiger charge is -2.17. The quantitative estimate of drug-likeness (QED) is 0.895. The van der Waals surface area contributed by atoms with Gasteiger partial charge in [-0.1, -0.05) is 61.5 Å². The number of rotatable bonds is 5. The molecule has 3 heteroatoms. The molecule has 1 atom stereocenters. The number of aliphatic hydroxyl groups is 1. The predicted octanol–water partition coefficient (Wildman–Crippen LogP) is 4.31. The Morgan fingerprint density at radius 1 is 1.00 bits per heavy atom. The second kappa shape index (κ2) is 6.21. The molecule has 1 N–H and O–H groups in total. The van der Waals surface area contributed by atoms with Crippen LogP contribution in [0, 0.1) is 0 Å². The minimum Gasteiger partial charge on any atom is -0.507 e. The van der Waals surface area contributed by atoms with Gasteiger partial charge < -0.3 is 5.11 Å². The molecule has 0 fully saturated rings. The molecule has 1 aliphatic rings. The summed E-state index contributed by atoms with van der Waals surface area (Å²) in [6.07, 6.45) is 0.637. The third-order valence-electron chi connectivity index (χ3n) is 4.30. The molecule has 116 valence electrons. The molecule has 2 aromatic rings. The fourth-order valence-corrected chi connectivity index (χ4v) is 3.05. The first-order valence-corrected chi connectivity index (χ1v) is 7.77. The monoisotopic (exact) mass is 306 g/mol. The molecule has 0 aliphatic heterocycles. The van der Waals surface area contributed by atoms with E-state index >= 15 is 0 Å². The van der Waals surface area contributed by atoms with Crippen LogP contribution in [0.2, 0.25) is 0 Å². The van der Waals surface area contributed by atoms with Gasteiger partial charge in [-0.05, 0) is 5.56 Å². The fraction of sp³-hybridized carbons (Fsp3) is 0.200. The van der Waals surface area contributed by atoms with Crippen LogP contribution in [0.25, 0.3) is 5.76 Å². The highest BCUT2D eigenvalue weighted by molar-refractivity contribution is 6.20. The van der Waals surface area contributed by atoms with Gasteiger partial charge in [-0.2, -0.15) is 0 Å². The van der Waals surface area contributed by atoms with Gasteiger partial charge in [-0.25, -0.2) is 0 Å². The maximum Gasteiger partial charge on any atom is 0.194 e. The molecule has 0 spiro atoms. The number of Topliss-reactive ketones (excluding diaryl/α,β-unsaturated/α-hetero) is 2. The van der Waals surface area contributed by atoms with Gasteiger partial charge in [0.2, 0.25) is 0 Å². The van der Waals surface area contributed by atoms with Crippen molar-refractivity contribution in [1.82, 2.24) is 0 Å². The average molecular weight is 306 g/mol. The zero-order valence-electron chi connectivity index (χ0n) is 13.0. The number of hydrogen-bond donors (Lipinski definition) is 1. The first-order valence-electron chi connectivity index (χ1n) is 7.77. The largest absolute Gasteiger partial charge is 0.507 e. The highest BCUT2D eigenvalue weighted by Gasteiger charge is 2.35. The van der Waals surface area contributed by atoms with E-state index < -0.39 is 5.92 Å². The van der Waals surface area contributed by atoms with Gasteiger partial charge in [-0.3, -0.25) is 9.59 Å². The number of aliphatic hydroxyl groups excluding tert-OH is 1. The highest BCUT2D eigenvalue weighted by atomic mass is 16.3. The summed E-state index contributed by atoms with van der Waals surface area (Å²) in [5.74, 6) is -0.523. The summed E-state index contributed by atoms with van der Waals surface area (Å²) >= 11 is 0. The van der Waals surface area contributed by atoms with Crippen molar-refractivity contribution in [3.05, 3.63) is 76.9 Å². The van der Waals surface area contributed by atoms with Gasteiger partial charge in [0, 0.05) is 29.9 Å². The minimum atomic E-state index is -0.413. The smallest absolute Gasteiger partial charge is 0.194 e. The number of hydrogen-bond acceptors (Lipinski definition) is 3. The molecule has 0 heterocycles. The van der Waals surface area contributed by atoms with Gasteiger partial charge in [0.15, 0.2) is 5.78 Å². The Kier molecular flexibility index (Phi) is 4.11. The topological polar surface area (TPSA) is 54.4 Å². The van der Waals surface area contributed by atoms with Gasteiger partial charge in [0.05, 0.1) is 5.57 Å². The van der Waals surface area contributed by atoms with Crippen molar-refractivity contribution in [3.63, 3.8) is 0 Å². The Bertz CT molecular complexity index is 788. The van der Waals surface area contributed by atoms with Gasteiger partial charge in [0.25, 0.3) is 0 Å².